The third-order valence-electron chi connectivity index (χ3n) is 2.16. The van der Waals surface area contributed by atoms with Gasteiger partial charge < -0.3 is 10.6 Å². The SMILES string of the molecule is CC(C)C(=O)NC(=S)NCc1ccccc1Cl. The van der Waals surface area contributed by atoms with Crippen LogP contribution in [-0.2, 0) is 11.3 Å². The molecular weight excluding hydrogens is 256 g/mol. The summed E-state index contributed by atoms with van der Waals surface area (Å²) < 4.78 is 0. The molecule has 1 aromatic carbocycles. The molecule has 0 saturated heterocycles. The lowest BCUT2D eigenvalue weighted by Crippen LogP contribution is -2.40. The molecule has 0 aliphatic rings. The summed E-state index contributed by atoms with van der Waals surface area (Å²) in [4.78, 5) is 11.4. The molecule has 1 amide bonds. The number of rotatable bonds is 3. The quantitative estimate of drug-likeness (QED) is 0.829. The fourth-order valence-corrected chi connectivity index (χ4v) is 1.49. The maximum atomic E-state index is 11.4. The summed E-state index contributed by atoms with van der Waals surface area (Å²) in [5.41, 5.74) is 0.940. The third kappa shape index (κ3) is 4.71. The van der Waals surface area contributed by atoms with E-state index in [1.807, 2.05) is 38.1 Å². The van der Waals surface area contributed by atoms with Gasteiger partial charge in [0.15, 0.2) is 5.11 Å². The predicted octanol–water partition coefficient (Wildman–Crippen LogP) is 2.49. The molecule has 0 radical (unpaired) electrons. The van der Waals surface area contributed by atoms with E-state index in [4.69, 9.17) is 23.8 Å². The smallest absolute Gasteiger partial charge is 0.228 e. The minimum Gasteiger partial charge on any atom is -0.358 e. The molecule has 5 heteroatoms. The summed E-state index contributed by atoms with van der Waals surface area (Å²) in [5, 5.41) is 6.55. The van der Waals surface area contributed by atoms with Gasteiger partial charge in [-0.3, -0.25) is 4.79 Å². The number of amides is 1. The Morgan fingerprint density at radius 1 is 1.41 bits per heavy atom. The Balaban J connectivity index is 2.44. The van der Waals surface area contributed by atoms with Crippen molar-refractivity contribution in [1.29, 1.82) is 0 Å². The first-order valence-corrected chi connectivity index (χ1v) is 6.11. The van der Waals surface area contributed by atoms with Crippen molar-refractivity contribution in [1.82, 2.24) is 10.6 Å². The highest BCUT2D eigenvalue weighted by molar-refractivity contribution is 7.80. The van der Waals surface area contributed by atoms with Crippen molar-refractivity contribution in [3.8, 4) is 0 Å². The van der Waals surface area contributed by atoms with Crippen LogP contribution in [0.15, 0.2) is 24.3 Å². The minimum absolute atomic E-state index is 0.0879. The van der Waals surface area contributed by atoms with Crippen molar-refractivity contribution >= 4 is 34.8 Å². The molecule has 0 aromatic heterocycles. The van der Waals surface area contributed by atoms with Gasteiger partial charge in [0.2, 0.25) is 5.91 Å². The van der Waals surface area contributed by atoms with Crippen LogP contribution in [0.4, 0.5) is 0 Å². The maximum Gasteiger partial charge on any atom is 0.228 e. The largest absolute Gasteiger partial charge is 0.358 e. The standard InChI is InChI=1S/C12H15ClN2OS/c1-8(2)11(16)15-12(17)14-7-9-5-3-4-6-10(9)13/h3-6,8H,7H2,1-2H3,(H2,14,15,16,17). The lowest BCUT2D eigenvalue weighted by Gasteiger charge is -2.11. The van der Waals surface area contributed by atoms with Gasteiger partial charge >= 0.3 is 0 Å². The van der Waals surface area contributed by atoms with E-state index in [0.29, 0.717) is 16.7 Å². The molecule has 3 nitrogen and oxygen atoms in total. The van der Waals surface area contributed by atoms with Gasteiger partial charge in [-0.2, -0.15) is 0 Å². The zero-order chi connectivity index (χ0) is 12.8. The molecule has 0 atom stereocenters. The van der Waals surface area contributed by atoms with E-state index in [0.717, 1.165) is 5.56 Å². The summed E-state index contributed by atoms with van der Waals surface area (Å²) >= 11 is 11.0. The topological polar surface area (TPSA) is 41.1 Å². The van der Waals surface area contributed by atoms with Gasteiger partial charge in [-0.25, -0.2) is 0 Å². The number of carbonyl (C=O) groups excluding carboxylic acids is 1. The first-order valence-electron chi connectivity index (χ1n) is 5.33. The van der Waals surface area contributed by atoms with E-state index in [9.17, 15) is 4.79 Å². The second-order valence-corrected chi connectivity index (χ2v) is 4.73. The Hall–Kier alpha value is -1.13. The Morgan fingerprint density at radius 2 is 2.06 bits per heavy atom. The fourth-order valence-electron chi connectivity index (χ4n) is 1.12. The molecule has 0 fully saturated rings. The van der Waals surface area contributed by atoms with Crippen LogP contribution in [0.25, 0.3) is 0 Å². The van der Waals surface area contributed by atoms with Crippen molar-refractivity contribution in [2.75, 3.05) is 0 Å². The molecule has 0 aliphatic carbocycles. The van der Waals surface area contributed by atoms with E-state index in [-0.39, 0.29) is 11.8 Å². The van der Waals surface area contributed by atoms with Gasteiger partial charge in [-0.1, -0.05) is 43.6 Å². The van der Waals surface area contributed by atoms with Gasteiger partial charge in [-0.15, -0.1) is 0 Å². The third-order valence-corrected chi connectivity index (χ3v) is 2.77. The van der Waals surface area contributed by atoms with Crippen molar-refractivity contribution in [2.24, 2.45) is 5.92 Å². The number of hydrogen-bond donors (Lipinski definition) is 2. The summed E-state index contributed by atoms with van der Waals surface area (Å²) in [6, 6.07) is 7.49. The Kier molecular flexibility index (Phi) is 5.38. The highest BCUT2D eigenvalue weighted by Gasteiger charge is 2.08. The summed E-state index contributed by atoms with van der Waals surface area (Å²) in [7, 11) is 0. The summed E-state index contributed by atoms with van der Waals surface area (Å²) in [6.07, 6.45) is 0. The first-order chi connectivity index (χ1) is 8.00. The van der Waals surface area contributed by atoms with E-state index >= 15 is 0 Å². The van der Waals surface area contributed by atoms with Gasteiger partial charge in [-0.05, 0) is 23.8 Å². The molecule has 0 saturated carbocycles. The molecule has 0 spiro atoms. The molecular formula is C12H15ClN2OS. The molecule has 0 heterocycles. The molecule has 0 bridgehead atoms. The van der Waals surface area contributed by atoms with Gasteiger partial charge in [0.05, 0.1) is 0 Å². The molecule has 0 aliphatic heterocycles. The van der Waals surface area contributed by atoms with E-state index in [1.165, 1.54) is 0 Å². The lowest BCUT2D eigenvalue weighted by atomic mass is 10.2. The molecule has 1 aromatic rings. The number of benzene rings is 1. The minimum atomic E-state index is -0.0957. The van der Waals surface area contributed by atoms with Crippen molar-refractivity contribution in [2.45, 2.75) is 20.4 Å². The molecule has 1 rings (SSSR count). The Morgan fingerprint density at radius 3 is 2.65 bits per heavy atom. The number of carbonyl (C=O) groups is 1. The maximum absolute atomic E-state index is 11.4. The number of thiocarbonyl (C=S) groups is 1. The van der Waals surface area contributed by atoms with E-state index in [1.54, 1.807) is 0 Å². The van der Waals surface area contributed by atoms with Crippen molar-refractivity contribution < 1.29 is 4.79 Å². The zero-order valence-corrected chi connectivity index (χ0v) is 11.4. The summed E-state index contributed by atoms with van der Waals surface area (Å²) in [6.45, 7) is 4.12. The highest BCUT2D eigenvalue weighted by Crippen LogP contribution is 2.14. The fraction of sp³-hybridized carbons (Fsp3) is 0.333. The van der Waals surface area contributed by atoms with Gasteiger partial charge in [0.1, 0.15) is 0 Å². The van der Waals surface area contributed by atoms with Gasteiger partial charge in [0, 0.05) is 17.5 Å². The van der Waals surface area contributed by atoms with Crippen LogP contribution < -0.4 is 10.6 Å². The average molecular weight is 271 g/mol. The van der Waals surface area contributed by atoms with Crippen molar-refractivity contribution in [3.05, 3.63) is 34.9 Å². The molecule has 17 heavy (non-hydrogen) atoms. The van der Waals surface area contributed by atoms with E-state index < -0.39 is 0 Å². The van der Waals surface area contributed by atoms with Crippen LogP contribution in [0.1, 0.15) is 19.4 Å². The highest BCUT2D eigenvalue weighted by atomic mass is 35.5. The van der Waals surface area contributed by atoms with Crippen LogP contribution in [0.2, 0.25) is 5.02 Å². The van der Waals surface area contributed by atoms with Crippen LogP contribution >= 0.6 is 23.8 Å². The first kappa shape index (κ1) is 13.9. The Bertz CT molecular complexity index is 421. The lowest BCUT2D eigenvalue weighted by molar-refractivity contribution is -0.122. The van der Waals surface area contributed by atoms with Crippen LogP contribution in [0, 0.1) is 5.92 Å². The number of nitrogens with one attached hydrogen (secondary N) is 2. The van der Waals surface area contributed by atoms with Crippen LogP contribution in [0.3, 0.4) is 0 Å². The summed E-state index contributed by atoms with van der Waals surface area (Å²) in [5.74, 6) is -0.184. The average Bonchev–Trinajstić information content (AvgIpc) is 2.27. The van der Waals surface area contributed by atoms with Crippen LogP contribution in [-0.4, -0.2) is 11.0 Å². The molecule has 0 unspecified atom stereocenters. The number of hydrogen-bond acceptors (Lipinski definition) is 2. The zero-order valence-electron chi connectivity index (χ0n) is 9.79. The number of halogens is 1. The van der Waals surface area contributed by atoms with Crippen molar-refractivity contribution in [3.63, 3.8) is 0 Å². The predicted molar refractivity (Wildman–Crippen MR) is 73.9 cm³/mol. The molecule has 2 N–H and O–H groups in total. The van der Waals surface area contributed by atoms with E-state index in [2.05, 4.69) is 10.6 Å². The second kappa shape index (κ2) is 6.57. The monoisotopic (exact) mass is 270 g/mol. The normalized spacial score (nSPS) is 10.1. The van der Waals surface area contributed by atoms with Gasteiger partial charge in [0.25, 0.3) is 0 Å². The Labute approximate surface area is 112 Å². The molecule has 92 valence electrons. The van der Waals surface area contributed by atoms with Crippen LogP contribution in [0.5, 0.6) is 0 Å². The second-order valence-electron chi connectivity index (χ2n) is 3.92.